The van der Waals surface area contributed by atoms with Gasteiger partial charge in [-0.15, -0.1) is 0 Å². The lowest BCUT2D eigenvalue weighted by atomic mass is 9.99. The molecule has 1 aliphatic heterocycles. The average molecular weight is 369 g/mol. The number of hydrogen-bond donors (Lipinski definition) is 0. The first kappa shape index (κ1) is 19.1. The molecule has 2 aromatic carbocycles. The van der Waals surface area contributed by atoms with Crippen LogP contribution in [0.4, 0.5) is 0 Å². The number of aryl methyl sites for hydroxylation is 1. The Balaban J connectivity index is 1.50. The van der Waals surface area contributed by atoms with E-state index in [1.54, 1.807) is 13.2 Å². The van der Waals surface area contributed by atoms with E-state index in [0.29, 0.717) is 30.6 Å². The molecule has 1 amide bonds. The lowest BCUT2D eigenvalue weighted by molar-refractivity contribution is -0.135. The zero-order chi connectivity index (χ0) is 19.1. The zero-order valence-corrected chi connectivity index (χ0v) is 16.0. The number of likely N-dealkylation sites (tertiary alicyclic amines) is 1. The van der Waals surface area contributed by atoms with Crippen LogP contribution < -0.4 is 14.2 Å². The molecule has 144 valence electrons. The minimum atomic E-state index is 0.00139. The van der Waals surface area contributed by atoms with Crippen molar-refractivity contribution in [1.29, 1.82) is 0 Å². The third kappa shape index (κ3) is 5.16. The predicted octanol–water partition coefficient (Wildman–Crippen LogP) is 3.70. The molecule has 1 heterocycles. The Kier molecular flexibility index (Phi) is 6.58. The summed E-state index contributed by atoms with van der Waals surface area (Å²) in [6.07, 6.45) is 2.06. The van der Waals surface area contributed by atoms with Crippen molar-refractivity contribution in [3.05, 3.63) is 54.1 Å². The van der Waals surface area contributed by atoms with Gasteiger partial charge in [-0.25, -0.2) is 0 Å². The summed E-state index contributed by atoms with van der Waals surface area (Å²) in [6.45, 7) is 4.17. The van der Waals surface area contributed by atoms with Gasteiger partial charge in [-0.3, -0.25) is 4.79 Å². The first-order chi connectivity index (χ1) is 13.2. The Hall–Kier alpha value is -2.69. The number of rotatable bonds is 7. The molecule has 0 bridgehead atoms. The number of piperidine rings is 1. The fraction of sp³-hybridized carbons (Fsp3) is 0.409. The molecule has 5 nitrogen and oxygen atoms in total. The summed E-state index contributed by atoms with van der Waals surface area (Å²) in [5.74, 6) is 2.48. The number of amides is 1. The molecular weight excluding hydrogens is 342 g/mol. The van der Waals surface area contributed by atoms with Crippen molar-refractivity contribution in [3.63, 3.8) is 0 Å². The molecular formula is C22H27NO4. The molecule has 0 N–H and O–H groups in total. The van der Waals surface area contributed by atoms with Gasteiger partial charge in [-0.1, -0.05) is 30.3 Å². The molecule has 0 spiro atoms. The monoisotopic (exact) mass is 369 g/mol. The number of carbonyl (C=O) groups excluding carboxylic acids is 1. The van der Waals surface area contributed by atoms with Gasteiger partial charge in [0.1, 0.15) is 5.75 Å². The highest BCUT2D eigenvalue weighted by molar-refractivity contribution is 5.78. The van der Waals surface area contributed by atoms with Crippen LogP contribution in [0.15, 0.2) is 48.5 Å². The fourth-order valence-electron chi connectivity index (χ4n) is 3.32. The Bertz CT molecular complexity index is 761. The second-order valence-electron chi connectivity index (χ2n) is 6.86. The van der Waals surface area contributed by atoms with Crippen LogP contribution in [0.25, 0.3) is 0 Å². The molecule has 1 unspecified atom stereocenters. The molecule has 1 saturated heterocycles. The maximum atomic E-state index is 12.6. The minimum Gasteiger partial charge on any atom is -0.493 e. The van der Waals surface area contributed by atoms with Gasteiger partial charge >= 0.3 is 0 Å². The third-order valence-corrected chi connectivity index (χ3v) is 4.86. The summed E-state index contributed by atoms with van der Waals surface area (Å²) in [5.41, 5.74) is 1.13. The van der Waals surface area contributed by atoms with Crippen LogP contribution in [0.1, 0.15) is 18.4 Å². The Morgan fingerprint density at radius 2 is 1.74 bits per heavy atom. The molecule has 0 radical (unpaired) electrons. The topological polar surface area (TPSA) is 48.0 Å². The maximum Gasteiger partial charge on any atom is 0.260 e. The first-order valence-electron chi connectivity index (χ1n) is 9.39. The second kappa shape index (κ2) is 9.31. The van der Waals surface area contributed by atoms with Crippen molar-refractivity contribution >= 4 is 5.91 Å². The molecule has 0 aliphatic carbocycles. The zero-order valence-electron chi connectivity index (χ0n) is 16.0. The Morgan fingerprint density at radius 3 is 2.48 bits per heavy atom. The second-order valence-corrected chi connectivity index (χ2v) is 6.86. The molecule has 2 aromatic rings. The van der Waals surface area contributed by atoms with Gasteiger partial charge in [0.05, 0.1) is 13.7 Å². The van der Waals surface area contributed by atoms with Crippen LogP contribution in [-0.4, -0.2) is 44.2 Å². The van der Waals surface area contributed by atoms with Crippen LogP contribution in [0, 0.1) is 12.8 Å². The van der Waals surface area contributed by atoms with E-state index in [1.165, 1.54) is 0 Å². The SMILES string of the molecule is COc1ccccc1OCC(=O)N1CCCC(COc2ccccc2C)C1. The standard InChI is InChI=1S/C22H27NO4/c1-17-8-3-4-10-19(17)26-15-18-9-7-13-23(14-18)22(24)16-27-21-12-6-5-11-20(21)25-2/h3-6,8,10-12,18H,7,9,13-16H2,1-2H3. The van der Waals surface area contributed by atoms with Crippen molar-refractivity contribution in [3.8, 4) is 17.2 Å². The lowest BCUT2D eigenvalue weighted by Crippen LogP contribution is -2.43. The number of carbonyl (C=O) groups is 1. The molecule has 0 aromatic heterocycles. The van der Waals surface area contributed by atoms with E-state index >= 15 is 0 Å². The molecule has 0 saturated carbocycles. The Labute approximate surface area is 160 Å². The van der Waals surface area contributed by atoms with E-state index in [-0.39, 0.29) is 12.5 Å². The number of ether oxygens (including phenoxy) is 3. The largest absolute Gasteiger partial charge is 0.493 e. The number of hydrogen-bond acceptors (Lipinski definition) is 4. The van der Waals surface area contributed by atoms with E-state index in [2.05, 4.69) is 0 Å². The lowest BCUT2D eigenvalue weighted by Gasteiger charge is -2.32. The summed E-state index contributed by atoms with van der Waals surface area (Å²) in [4.78, 5) is 14.4. The molecule has 5 heteroatoms. The maximum absolute atomic E-state index is 12.6. The van der Waals surface area contributed by atoms with Gasteiger partial charge in [-0.05, 0) is 43.5 Å². The van der Waals surface area contributed by atoms with Gasteiger partial charge in [-0.2, -0.15) is 0 Å². The molecule has 1 fully saturated rings. The van der Waals surface area contributed by atoms with E-state index in [1.807, 2.05) is 54.3 Å². The summed E-state index contributed by atoms with van der Waals surface area (Å²) in [6, 6.07) is 15.4. The third-order valence-electron chi connectivity index (χ3n) is 4.86. The molecule has 3 rings (SSSR count). The molecule has 1 atom stereocenters. The number of nitrogens with zero attached hydrogens (tertiary/aromatic N) is 1. The van der Waals surface area contributed by atoms with Crippen molar-refractivity contribution in [2.45, 2.75) is 19.8 Å². The number of benzene rings is 2. The number of methoxy groups -OCH3 is 1. The smallest absolute Gasteiger partial charge is 0.260 e. The van der Waals surface area contributed by atoms with Gasteiger partial charge < -0.3 is 19.1 Å². The van der Waals surface area contributed by atoms with Crippen molar-refractivity contribution in [2.75, 3.05) is 33.4 Å². The van der Waals surface area contributed by atoms with Gasteiger partial charge in [0.25, 0.3) is 5.91 Å². The average Bonchev–Trinajstić information content (AvgIpc) is 2.72. The minimum absolute atomic E-state index is 0.00139. The number of para-hydroxylation sites is 3. The van der Waals surface area contributed by atoms with E-state index < -0.39 is 0 Å². The summed E-state index contributed by atoms with van der Waals surface area (Å²) in [5, 5.41) is 0. The quantitative estimate of drug-likeness (QED) is 0.747. The predicted molar refractivity (Wildman–Crippen MR) is 104 cm³/mol. The van der Waals surface area contributed by atoms with Crippen LogP contribution in [0.2, 0.25) is 0 Å². The summed E-state index contributed by atoms with van der Waals surface area (Å²) in [7, 11) is 1.59. The summed E-state index contributed by atoms with van der Waals surface area (Å²) < 4.78 is 16.9. The molecule has 1 aliphatic rings. The first-order valence-corrected chi connectivity index (χ1v) is 9.39. The van der Waals surface area contributed by atoms with Gasteiger partial charge in [0.2, 0.25) is 0 Å². The van der Waals surface area contributed by atoms with E-state index in [9.17, 15) is 4.79 Å². The normalized spacial score (nSPS) is 16.7. The Morgan fingerprint density at radius 1 is 1.04 bits per heavy atom. The highest BCUT2D eigenvalue weighted by Crippen LogP contribution is 2.26. The summed E-state index contributed by atoms with van der Waals surface area (Å²) >= 11 is 0. The van der Waals surface area contributed by atoms with E-state index in [0.717, 1.165) is 30.7 Å². The van der Waals surface area contributed by atoms with Gasteiger partial charge in [0.15, 0.2) is 18.1 Å². The highest BCUT2D eigenvalue weighted by atomic mass is 16.5. The van der Waals surface area contributed by atoms with E-state index in [4.69, 9.17) is 14.2 Å². The van der Waals surface area contributed by atoms with Crippen LogP contribution in [-0.2, 0) is 4.79 Å². The van der Waals surface area contributed by atoms with Crippen molar-refractivity contribution in [2.24, 2.45) is 5.92 Å². The molecule has 27 heavy (non-hydrogen) atoms. The van der Waals surface area contributed by atoms with Crippen molar-refractivity contribution < 1.29 is 19.0 Å². The van der Waals surface area contributed by atoms with Crippen molar-refractivity contribution in [1.82, 2.24) is 4.90 Å². The van der Waals surface area contributed by atoms with Crippen LogP contribution in [0.3, 0.4) is 0 Å². The van der Waals surface area contributed by atoms with Crippen LogP contribution >= 0.6 is 0 Å². The highest BCUT2D eigenvalue weighted by Gasteiger charge is 2.24. The fourth-order valence-corrected chi connectivity index (χ4v) is 3.32. The van der Waals surface area contributed by atoms with Crippen LogP contribution in [0.5, 0.6) is 17.2 Å². The van der Waals surface area contributed by atoms with Gasteiger partial charge in [0, 0.05) is 19.0 Å².